The number of anilines is 1. The topological polar surface area (TPSA) is 93.4 Å². The number of carbonyl (C=O) groups is 1. The molecule has 1 aliphatic heterocycles. The Labute approximate surface area is 222 Å². The van der Waals surface area contributed by atoms with E-state index >= 15 is 4.39 Å². The molecule has 0 radical (unpaired) electrons. The van der Waals surface area contributed by atoms with E-state index in [2.05, 4.69) is 19.7 Å². The molecule has 1 saturated carbocycles. The summed E-state index contributed by atoms with van der Waals surface area (Å²) >= 11 is 0. The lowest BCUT2D eigenvalue weighted by molar-refractivity contribution is -0.144. The molecular formula is C28H26F3N5O3. The van der Waals surface area contributed by atoms with E-state index in [1.54, 1.807) is 43.6 Å². The summed E-state index contributed by atoms with van der Waals surface area (Å²) in [5, 5.41) is 9.56. The molecule has 1 saturated heterocycles. The molecule has 2 aromatic carbocycles. The average Bonchev–Trinajstić information content (AvgIpc) is 3.35. The number of imidazole rings is 1. The van der Waals surface area contributed by atoms with E-state index in [1.807, 2.05) is 9.47 Å². The number of halogens is 3. The fourth-order valence-corrected chi connectivity index (χ4v) is 6.12. The third-order valence-corrected chi connectivity index (χ3v) is 7.90. The predicted octanol–water partition coefficient (Wildman–Crippen LogP) is 5.14. The number of hydrogen-bond donors (Lipinski definition) is 1. The van der Waals surface area contributed by atoms with Gasteiger partial charge in [-0.25, -0.2) is 19.3 Å². The molecule has 1 unspecified atom stereocenters. The molecule has 202 valence electrons. The van der Waals surface area contributed by atoms with Gasteiger partial charge in [0.2, 0.25) is 5.95 Å². The minimum Gasteiger partial charge on any atom is -0.481 e. The van der Waals surface area contributed by atoms with Gasteiger partial charge in [0, 0.05) is 48.2 Å². The Kier molecular flexibility index (Phi) is 6.36. The van der Waals surface area contributed by atoms with Crippen LogP contribution in [0.25, 0.3) is 22.2 Å². The molecular weight excluding hydrogens is 511 g/mol. The fourth-order valence-electron chi connectivity index (χ4n) is 6.12. The first kappa shape index (κ1) is 25.1. The summed E-state index contributed by atoms with van der Waals surface area (Å²) in [6, 6.07) is 9.55. The number of rotatable bonds is 7. The van der Waals surface area contributed by atoms with Crippen molar-refractivity contribution in [3.05, 3.63) is 66.0 Å². The second-order valence-corrected chi connectivity index (χ2v) is 10.2. The Morgan fingerprint density at radius 1 is 1.13 bits per heavy atom. The summed E-state index contributed by atoms with van der Waals surface area (Å²) in [4.78, 5) is 27.1. The Balaban J connectivity index is 1.29. The van der Waals surface area contributed by atoms with Crippen molar-refractivity contribution in [2.75, 3.05) is 18.0 Å². The van der Waals surface area contributed by atoms with E-state index in [9.17, 15) is 18.7 Å². The van der Waals surface area contributed by atoms with Crippen molar-refractivity contribution in [1.82, 2.24) is 19.5 Å². The number of alkyl halides is 2. The van der Waals surface area contributed by atoms with Gasteiger partial charge in [-0.05, 0) is 43.7 Å². The third-order valence-electron chi connectivity index (χ3n) is 7.90. The Morgan fingerprint density at radius 2 is 1.82 bits per heavy atom. The van der Waals surface area contributed by atoms with Gasteiger partial charge in [-0.15, -0.1) is 0 Å². The molecule has 2 fully saturated rings. The molecule has 39 heavy (non-hydrogen) atoms. The fraction of sp³-hybridized carbons (Fsp3) is 0.357. The van der Waals surface area contributed by atoms with E-state index in [4.69, 9.17) is 0 Å². The molecule has 2 aliphatic rings. The molecule has 2 aromatic heterocycles. The number of ether oxygens (including phenoxy) is 1. The molecule has 1 N–H and O–H groups in total. The van der Waals surface area contributed by atoms with Crippen LogP contribution in [0.1, 0.15) is 24.2 Å². The number of nitrogens with zero attached hydrogens (tertiary/aromatic N) is 5. The van der Waals surface area contributed by atoms with Crippen LogP contribution in [-0.4, -0.2) is 50.3 Å². The molecule has 4 aromatic rings. The maximum atomic E-state index is 15.2. The minimum absolute atomic E-state index is 0.0703. The largest absolute Gasteiger partial charge is 0.481 e. The Hall–Kier alpha value is -4.15. The second kappa shape index (κ2) is 9.87. The van der Waals surface area contributed by atoms with Crippen LogP contribution in [0, 0.1) is 30.5 Å². The lowest BCUT2D eigenvalue weighted by Gasteiger charge is -2.35. The highest BCUT2D eigenvalue weighted by atomic mass is 19.3. The minimum atomic E-state index is -2.95. The highest BCUT2D eigenvalue weighted by molar-refractivity contribution is 5.83. The van der Waals surface area contributed by atoms with E-state index in [1.165, 1.54) is 12.1 Å². The lowest BCUT2D eigenvalue weighted by atomic mass is 9.85. The molecule has 2 bridgehead atoms. The van der Waals surface area contributed by atoms with Gasteiger partial charge in [0.25, 0.3) is 0 Å². The smallest absolute Gasteiger partial charge is 0.387 e. The zero-order valence-electron chi connectivity index (χ0n) is 21.1. The van der Waals surface area contributed by atoms with E-state index in [0.29, 0.717) is 47.0 Å². The van der Waals surface area contributed by atoms with Crippen molar-refractivity contribution >= 4 is 23.0 Å². The molecule has 0 amide bonds. The molecule has 1 aliphatic carbocycles. The molecule has 3 atom stereocenters. The SMILES string of the molecule is Cc1nc2cc(F)c(-c3cnc(N4C[C@H]5CC[C@@H](C4)C5C(=O)O)nc3)cc2n1Cc1ccccc1OC(F)F. The van der Waals surface area contributed by atoms with Crippen molar-refractivity contribution in [2.45, 2.75) is 32.9 Å². The maximum absolute atomic E-state index is 15.2. The summed E-state index contributed by atoms with van der Waals surface area (Å²) < 4.78 is 47.5. The average molecular weight is 538 g/mol. The van der Waals surface area contributed by atoms with Gasteiger partial charge in [0.05, 0.1) is 23.5 Å². The quantitative estimate of drug-likeness (QED) is 0.349. The molecule has 11 heteroatoms. The van der Waals surface area contributed by atoms with Gasteiger partial charge < -0.3 is 19.3 Å². The van der Waals surface area contributed by atoms with Gasteiger partial charge in [0.15, 0.2) is 0 Å². The van der Waals surface area contributed by atoms with Crippen LogP contribution in [0.15, 0.2) is 48.8 Å². The van der Waals surface area contributed by atoms with Gasteiger partial charge in [-0.1, -0.05) is 18.2 Å². The summed E-state index contributed by atoms with van der Waals surface area (Å²) in [5.74, 6) is -0.219. The van der Waals surface area contributed by atoms with Crippen LogP contribution in [-0.2, 0) is 11.3 Å². The standard InChI is InChI=1S/C28H26F3N5O3/c1-15-34-22-9-21(29)20(8-23(22)36(15)14-16-4-2-3-5-24(16)39-27(30)31)19-10-32-28(33-11-19)35-12-17-6-7-18(13-35)25(17)26(37)38/h2-5,8-11,17-18,25,27H,6-7,12-14H2,1H3,(H,37,38)/t17-,18+,25?. The van der Waals surface area contributed by atoms with E-state index in [0.717, 1.165) is 12.8 Å². The van der Waals surface area contributed by atoms with E-state index < -0.39 is 18.4 Å². The third kappa shape index (κ3) is 4.66. The number of aryl methyl sites for hydroxylation is 1. The van der Waals surface area contributed by atoms with Crippen molar-refractivity contribution in [1.29, 1.82) is 0 Å². The zero-order chi connectivity index (χ0) is 27.3. The monoisotopic (exact) mass is 537 g/mol. The summed E-state index contributed by atoms with van der Waals surface area (Å²) in [7, 11) is 0. The van der Waals surface area contributed by atoms with Gasteiger partial charge in [0.1, 0.15) is 17.4 Å². The highest BCUT2D eigenvalue weighted by Crippen LogP contribution is 2.43. The van der Waals surface area contributed by atoms with Crippen LogP contribution >= 0.6 is 0 Å². The first-order chi connectivity index (χ1) is 18.8. The van der Waals surface area contributed by atoms with Crippen LogP contribution in [0.5, 0.6) is 5.75 Å². The Bertz CT molecular complexity index is 1530. The van der Waals surface area contributed by atoms with E-state index in [-0.39, 0.29) is 35.6 Å². The first-order valence-corrected chi connectivity index (χ1v) is 12.8. The zero-order valence-corrected chi connectivity index (χ0v) is 21.1. The predicted molar refractivity (Wildman–Crippen MR) is 137 cm³/mol. The number of aromatic nitrogens is 4. The number of aliphatic carboxylic acids is 1. The van der Waals surface area contributed by atoms with Crippen LogP contribution < -0.4 is 9.64 Å². The molecule has 3 heterocycles. The van der Waals surface area contributed by atoms with Crippen LogP contribution in [0.4, 0.5) is 19.1 Å². The van der Waals surface area contributed by atoms with Crippen molar-refractivity contribution in [3.63, 3.8) is 0 Å². The van der Waals surface area contributed by atoms with Crippen LogP contribution in [0.2, 0.25) is 0 Å². The highest BCUT2D eigenvalue weighted by Gasteiger charge is 2.46. The Morgan fingerprint density at radius 3 is 2.49 bits per heavy atom. The van der Waals surface area contributed by atoms with Gasteiger partial charge >= 0.3 is 12.6 Å². The number of hydrogen-bond acceptors (Lipinski definition) is 6. The van der Waals surface area contributed by atoms with Crippen molar-refractivity contribution in [2.24, 2.45) is 17.8 Å². The summed E-state index contributed by atoms with van der Waals surface area (Å²) in [6.07, 6.45) is 4.90. The molecule has 0 spiro atoms. The van der Waals surface area contributed by atoms with Gasteiger partial charge in [-0.2, -0.15) is 8.78 Å². The number of carboxylic acid groups (broad SMARTS) is 1. The summed E-state index contributed by atoms with van der Waals surface area (Å²) in [6.45, 7) is 0.201. The van der Waals surface area contributed by atoms with Crippen LogP contribution in [0.3, 0.4) is 0 Å². The number of para-hydroxylation sites is 1. The number of piperidine rings is 1. The lowest BCUT2D eigenvalue weighted by Crippen LogP contribution is -2.45. The molecule has 8 nitrogen and oxygen atoms in total. The van der Waals surface area contributed by atoms with Crippen molar-refractivity contribution < 1.29 is 27.8 Å². The second-order valence-electron chi connectivity index (χ2n) is 10.2. The maximum Gasteiger partial charge on any atom is 0.387 e. The molecule has 6 rings (SSSR count). The normalized spacial score (nSPS) is 20.6. The number of benzene rings is 2. The van der Waals surface area contributed by atoms with Crippen molar-refractivity contribution in [3.8, 4) is 16.9 Å². The number of fused-ring (bicyclic) bond motifs is 3. The number of carboxylic acids is 1. The van der Waals surface area contributed by atoms with Gasteiger partial charge in [-0.3, -0.25) is 4.79 Å². The first-order valence-electron chi connectivity index (χ1n) is 12.8. The summed E-state index contributed by atoms with van der Waals surface area (Å²) in [5.41, 5.74) is 2.38.